The number of quaternary nitrogens is 1. The molecule has 1 saturated heterocycles. The monoisotopic (exact) mass is 492 g/mol. The molecule has 0 bridgehead atoms. The van der Waals surface area contributed by atoms with Crippen LogP contribution in [0.2, 0.25) is 0 Å². The SMILES string of the molecule is Cc1ncc(N(C2CCOCC2)S(=O)(=O)[NH+]([O-])C(=O)Nc2c3c(cc4c2CCC4)CCC3)s1. The van der Waals surface area contributed by atoms with Gasteiger partial charge in [0.15, 0.2) is 0 Å². The van der Waals surface area contributed by atoms with Crippen molar-refractivity contribution < 1.29 is 22.4 Å². The zero-order valence-corrected chi connectivity index (χ0v) is 20.2. The number of urea groups is 1. The Labute approximate surface area is 197 Å². The third-order valence-electron chi connectivity index (χ3n) is 6.74. The molecule has 2 heterocycles. The molecule has 1 aromatic heterocycles. The molecule has 2 amide bonds. The molecule has 2 aliphatic carbocycles. The molecule has 33 heavy (non-hydrogen) atoms. The van der Waals surface area contributed by atoms with E-state index in [0.29, 0.717) is 41.8 Å². The van der Waals surface area contributed by atoms with Crippen LogP contribution >= 0.6 is 11.3 Å². The van der Waals surface area contributed by atoms with Gasteiger partial charge in [-0.25, -0.2) is 14.1 Å². The number of carbonyl (C=O) groups is 1. The van der Waals surface area contributed by atoms with Gasteiger partial charge in [0.1, 0.15) is 5.00 Å². The molecular weight excluding hydrogens is 464 g/mol. The quantitative estimate of drug-likeness (QED) is 0.619. The van der Waals surface area contributed by atoms with Gasteiger partial charge in [-0.1, -0.05) is 6.07 Å². The first kappa shape index (κ1) is 22.7. The number of carbonyl (C=O) groups excluding carboxylic acids is 1. The Kier molecular flexibility index (Phi) is 6.17. The zero-order valence-electron chi connectivity index (χ0n) is 18.6. The molecule has 1 aromatic carbocycles. The Morgan fingerprint density at radius 3 is 2.39 bits per heavy atom. The second-order valence-electron chi connectivity index (χ2n) is 8.84. The van der Waals surface area contributed by atoms with E-state index in [1.807, 2.05) is 0 Å². The minimum Gasteiger partial charge on any atom is -0.608 e. The van der Waals surface area contributed by atoms with Crippen LogP contribution in [-0.2, 0) is 40.6 Å². The number of hydrogen-bond acceptors (Lipinski definition) is 7. The minimum atomic E-state index is -4.59. The van der Waals surface area contributed by atoms with E-state index < -0.39 is 26.8 Å². The smallest absolute Gasteiger partial charge is 0.436 e. The standard InChI is InChI=1S/C22H28N4O5S2/c1-14-23-13-20(32-14)25(17-8-10-31-11-9-17)33(29,30)26(28)22(27)24-21-18-6-2-4-15(18)12-16-5-3-7-19(16)21/h12-13,17,26H,2-11H2,1H3,(H,24,27). The van der Waals surface area contributed by atoms with Crippen molar-refractivity contribution in [1.82, 2.24) is 4.98 Å². The Morgan fingerprint density at radius 1 is 1.18 bits per heavy atom. The first-order valence-electron chi connectivity index (χ1n) is 11.4. The maximum atomic E-state index is 13.5. The van der Waals surface area contributed by atoms with E-state index in [2.05, 4.69) is 16.4 Å². The van der Waals surface area contributed by atoms with Gasteiger partial charge in [-0.2, -0.15) is 12.9 Å². The first-order chi connectivity index (χ1) is 15.9. The van der Waals surface area contributed by atoms with Crippen molar-refractivity contribution >= 4 is 38.3 Å². The molecule has 11 heteroatoms. The normalized spacial score (nSPS) is 19.2. The third-order valence-corrected chi connectivity index (χ3v) is 9.43. The van der Waals surface area contributed by atoms with E-state index in [1.165, 1.54) is 28.7 Å². The van der Waals surface area contributed by atoms with Gasteiger partial charge in [0.25, 0.3) is 0 Å². The van der Waals surface area contributed by atoms with Gasteiger partial charge in [0.2, 0.25) is 0 Å². The highest BCUT2D eigenvalue weighted by Gasteiger charge is 2.41. The number of hydrogen-bond donors (Lipinski definition) is 2. The lowest BCUT2D eigenvalue weighted by atomic mass is 9.99. The maximum absolute atomic E-state index is 13.5. The summed E-state index contributed by atoms with van der Waals surface area (Å²) in [5.74, 6) is 0. The fourth-order valence-electron chi connectivity index (χ4n) is 5.20. The number of aryl methyl sites for hydroxylation is 3. The number of nitrogens with zero attached hydrogens (tertiary/aromatic N) is 2. The van der Waals surface area contributed by atoms with Crippen LogP contribution < -0.4 is 14.1 Å². The average Bonchev–Trinajstić information content (AvgIpc) is 3.55. The summed E-state index contributed by atoms with van der Waals surface area (Å²) < 4.78 is 32.0. The third kappa shape index (κ3) is 4.17. The van der Waals surface area contributed by atoms with Crippen LogP contribution in [0.5, 0.6) is 0 Å². The largest absolute Gasteiger partial charge is 0.608 e. The van der Waals surface area contributed by atoms with Gasteiger partial charge in [-0.15, -0.1) is 11.3 Å². The molecule has 1 atom stereocenters. The molecule has 0 saturated carbocycles. The Morgan fingerprint density at radius 2 is 1.82 bits per heavy atom. The number of rotatable bonds is 5. The number of fused-ring (bicyclic) bond motifs is 2. The number of hydroxylamine groups is 1. The highest BCUT2D eigenvalue weighted by atomic mass is 32.2. The van der Waals surface area contributed by atoms with Gasteiger partial charge < -0.3 is 9.94 Å². The number of thiazole rings is 1. The van der Waals surface area contributed by atoms with Crippen molar-refractivity contribution in [3.05, 3.63) is 44.7 Å². The van der Waals surface area contributed by atoms with E-state index in [4.69, 9.17) is 4.74 Å². The predicted molar refractivity (Wildman–Crippen MR) is 126 cm³/mol. The fourth-order valence-corrected chi connectivity index (χ4v) is 7.71. The van der Waals surface area contributed by atoms with Crippen molar-refractivity contribution in [3.8, 4) is 0 Å². The predicted octanol–water partition coefficient (Wildman–Crippen LogP) is 2.27. The van der Waals surface area contributed by atoms with Crippen LogP contribution in [0.4, 0.5) is 15.5 Å². The van der Waals surface area contributed by atoms with E-state index in [0.717, 1.165) is 54.0 Å². The molecule has 178 valence electrons. The molecule has 2 N–H and O–H groups in total. The number of ether oxygens (including phenoxy) is 1. The van der Waals surface area contributed by atoms with E-state index in [-0.39, 0.29) is 0 Å². The number of aromatic nitrogens is 1. The second kappa shape index (κ2) is 8.95. The number of benzene rings is 1. The number of amides is 2. The summed E-state index contributed by atoms with van der Waals surface area (Å²) in [6.45, 7) is 2.57. The first-order valence-corrected chi connectivity index (χ1v) is 13.7. The van der Waals surface area contributed by atoms with Crippen LogP contribution in [0.1, 0.15) is 52.9 Å². The van der Waals surface area contributed by atoms with Crippen LogP contribution in [0.25, 0.3) is 0 Å². The van der Waals surface area contributed by atoms with Crippen molar-refractivity contribution in [2.24, 2.45) is 0 Å². The lowest BCUT2D eigenvalue weighted by Crippen LogP contribution is -3.14. The highest BCUT2D eigenvalue weighted by Crippen LogP contribution is 2.38. The molecule has 9 nitrogen and oxygen atoms in total. The average molecular weight is 493 g/mol. The van der Waals surface area contributed by atoms with Crippen LogP contribution in [0.3, 0.4) is 0 Å². The summed E-state index contributed by atoms with van der Waals surface area (Å²) in [5, 5.41) is 16.9. The Bertz CT molecular complexity index is 1140. The summed E-state index contributed by atoms with van der Waals surface area (Å²) >= 11 is 1.19. The fraction of sp³-hybridized carbons (Fsp3) is 0.545. The highest BCUT2D eigenvalue weighted by molar-refractivity contribution is 7.87. The molecule has 1 fully saturated rings. The molecule has 0 radical (unpaired) electrons. The van der Waals surface area contributed by atoms with Crippen molar-refractivity contribution in [3.63, 3.8) is 0 Å². The molecule has 1 aliphatic heterocycles. The van der Waals surface area contributed by atoms with Crippen molar-refractivity contribution in [2.75, 3.05) is 22.8 Å². The number of anilines is 2. The van der Waals surface area contributed by atoms with Crippen molar-refractivity contribution in [2.45, 2.75) is 64.3 Å². The number of nitrogens with one attached hydrogen (secondary N) is 2. The molecular formula is C22H28N4O5S2. The summed E-state index contributed by atoms with van der Waals surface area (Å²) in [6.07, 6.45) is 7.89. The van der Waals surface area contributed by atoms with Crippen molar-refractivity contribution in [1.29, 1.82) is 0 Å². The lowest BCUT2D eigenvalue weighted by molar-refractivity contribution is -0.604. The Balaban J connectivity index is 1.45. The summed E-state index contributed by atoms with van der Waals surface area (Å²) in [6, 6.07) is 0.672. The molecule has 2 aromatic rings. The molecule has 0 spiro atoms. The van der Waals surface area contributed by atoms with Crippen LogP contribution in [0, 0.1) is 12.1 Å². The summed E-state index contributed by atoms with van der Waals surface area (Å²) in [5.41, 5.74) is 5.16. The lowest BCUT2D eigenvalue weighted by Gasteiger charge is -2.35. The molecule has 5 rings (SSSR count). The van der Waals surface area contributed by atoms with Gasteiger partial charge in [-0.3, -0.25) is 5.32 Å². The van der Waals surface area contributed by atoms with Crippen LogP contribution in [-0.4, -0.2) is 38.7 Å². The minimum absolute atomic E-state index is 0.349. The van der Waals surface area contributed by atoms with Gasteiger partial charge in [-0.05, 0) is 80.5 Å². The maximum Gasteiger partial charge on any atom is 0.436 e. The molecule has 3 aliphatic rings. The molecule has 1 unspecified atom stereocenters. The Hall–Kier alpha value is -2.05. The van der Waals surface area contributed by atoms with E-state index in [1.54, 1.807) is 6.92 Å². The summed E-state index contributed by atoms with van der Waals surface area (Å²) in [4.78, 5) is 17.2. The zero-order chi connectivity index (χ0) is 23.2. The second-order valence-corrected chi connectivity index (χ2v) is 11.8. The van der Waals surface area contributed by atoms with Gasteiger partial charge >= 0.3 is 16.2 Å². The van der Waals surface area contributed by atoms with E-state index >= 15 is 0 Å². The topological polar surface area (TPSA) is 116 Å². The van der Waals surface area contributed by atoms with Gasteiger partial charge in [0.05, 0.1) is 22.9 Å². The van der Waals surface area contributed by atoms with Gasteiger partial charge in [0, 0.05) is 13.2 Å². The van der Waals surface area contributed by atoms with Crippen LogP contribution in [0.15, 0.2) is 12.3 Å². The van der Waals surface area contributed by atoms with E-state index in [9.17, 15) is 18.4 Å². The summed E-state index contributed by atoms with van der Waals surface area (Å²) in [7, 11) is -4.59.